The first-order chi connectivity index (χ1) is 11.8. The van der Waals surface area contributed by atoms with E-state index >= 15 is 0 Å². The molecule has 0 aliphatic heterocycles. The smallest absolute Gasteiger partial charge is 0.124 e. The average Bonchev–Trinajstić information content (AvgIpc) is 3.11. The molecule has 0 spiro atoms. The van der Waals surface area contributed by atoms with E-state index < -0.39 is 0 Å². The number of aromatic nitrogens is 1. The molecule has 2 N–H and O–H groups in total. The summed E-state index contributed by atoms with van der Waals surface area (Å²) in [5.41, 5.74) is 2.91. The number of rotatable bonds is 7. The lowest BCUT2D eigenvalue weighted by atomic mass is 10.2. The maximum Gasteiger partial charge on any atom is 0.124 e. The number of hydrogen-bond donors (Lipinski definition) is 2. The van der Waals surface area contributed by atoms with Gasteiger partial charge in [-0.25, -0.2) is 4.98 Å². The highest BCUT2D eigenvalue weighted by Gasteiger charge is 2.06. The third-order valence-electron chi connectivity index (χ3n) is 3.59. The molecule has 0 aliphatic carbocycles. The van der Waals surface area contributed by atoms with E-state index in [4.69, 9.17) is 4.74 Å². The number of benzene rings is 2. The second-order valence-electron chi connectivity index (χ2n) is 5.25. The van der Waals surface area contributed by atoms with Gasteiger partial charge in [0.15, 0.2) is 0 Å². The fourth-order valence-corrected chi connectivity index (χ4v) is 3.28. The normalized spacial score (nSPS) is 10.6. The van der Waals surface area contributed by atoms with E-state index in [1.807, 2.05) is 49.5 Å². The molecule has 0 unspecified atom stereocenters. The van der Waals surface area contributed by atoms with Crippen molar-refractivity contribution in [2.45, 2.75) is 20.1 Å². The lowest BCUT2D eigenvalue weighted by Gasteiger charge is -2.11. The summed E-state index contributed by atoms with van der Waals surface area (Å²) in [6.07, 6.45) is 1.91. The molecule has 0 saturated carbocycles. The van der Waals surface area contributed by atoms with Gasteiger partial charge in [0.2, 0.25) is 0 Å². The highest BCUT2D eigenvalue weighted by Crippen LogP contribution is 2.27. The second kappa shape index (κ2) is 7.95. The minimum absolute atomic E-state index is 0.0414. The fourth-order valence-electron chi connectivity index (χ4n) is 2.41. The van der Waals surface area contributed by atoms with Crippen molar-refractivity contribution < 1.29 is 9.84 Å². The van der Waals surface area contributed by atoms with Crippen molar-refractivity contribution in [1.29, 1.82) is 0 Å². The molecule has 24 heavy (non-hydrogen) atoms. The first-order valence-electron chi connectivity index (χ1n) is 7.90. The largest absolute Gasteiger partial charge is 0.494 e. The number of nitrogens with zero attached hydrogens (tertiary/aromatic N) is 1. The molecule has 2 aromatic carbocycles. The molecule has 4 nitrogen and oxygen atoms in total. The van der Waals surface area contributed by atoms with Crippen LogP contribution in [-0.4, -0.2) is 16.7 Å². The number of nitrogens with one attached hydrogen (secondary N) is 1. The fraction of sp³-hybridized carbons (Fsp3) is 0.211. The maximum atomic E-state index is 9.47. The van der Waals surface area contributed by atoms with Gasteiger partial charge in [0.25, 0.3) is 0 Å². The van der Waals surface area contributed by atoms with Crippen LogP contribution in [0.25, 0.3) is 10.4 Å². The van der Waals surface area contributed by atoms with E-state index in [9.17, 15) is 5.11 Å². The average molecular weight is 340 g/mol. The van der Waals surface area contributed by atoms with Crippen LogP contribution in [0.5, 0.6) is 5.75 Å². The number of aliphatic hydroxyl groups is 1. The molecule has 124 valence electrons. The summed E-state index contributed by atoms with van der Waals surface area (Å²) in [6.45, 7) is 3.12. The predicted molar refractivity (Wildman–Crippen MR) is 98.4 cm³/mol. The molecule has 0 saturated heterocycles. The standard InChI is InChI=1S/C19H20N2O2S/c1-2-23-17-9-8-16(10-15(17)13-22)20-12-19-21-11-18(24-19)14-6-4-3-5-7-14/h3-11,20,22H,2,12-13H2,1H3. The summed E-state index contributed by atoms with van der Waals surface area (Å²) in [5, 5.41) is 13.8. The monoisotopic (exact) mass is 340 g/mol. The maximum absolute atomic E-state index is 9.47. The van der Waals surface area contributed by atoms with Gasteiger partial charge in [-0.1, -0.05) is 30.3 Å². The SMILES string of the molecule is CCOc1ccc(NCc2ncc(-c3ccccc3)s2)cc1CO. The molecule has 0 radical (unpaired) electrons. The molecule has 3 rings (SSSR count). The van der Waals surface area contributed by atoms with Crippen LogP contribution in [0.4, 0.5) is 5.69 Å². The first kappa shape index (κ1) is 16.5. The molecule has 5 heteroatoms. The van der Waals surface area contributed by atoms with E-state index in [1.165, 1.54) is 5.56 Å². The molecule has 3 aromatic rings. The summed E-state index contributed by atoms with van der Waals surface area (Å²) >= 11 is 1.68. The molecule has 0 amide bonds. The highest BCUT2D eigenvalue weighted by molar-refractivity contribution is 7.15. The van der Waals surface area contributed by atoms with E-state index in [1.54, 1.807) is 11.3 Å². The topological polar surface area (TPSA) is 54.4 Å². The van der Waals surface area contributed by atoms with E-state index in [0.29, 0.717) is 13.2 Å². The van der Waals surface area contributed by atoms with Crippen LogP contribution >= 0.6 is 11.3 Å². The van der Waals surface area contributed by atoms with Gasteiger partial charge >= 0.3 is 0 Å². The number of ether oxygens (including phenoxy) is 1. The van der Waals surface area contributed by atoms with Crippen molar-refractivity contribution in [3.05, 3.63) is 65.3 Å². The lowest BCUT2D eigenvalue weighted by Crippen LogP contribution is -2.01. The molecule has 0 bridgehead atoms. The highest BCUT2D eigenvalue weighted by atomic mass is 32.1. The van der Waals surface area contributed by atoms with E-state index in [-0.39, 0.29) is 6.61 Å². The van der Waals surface area contributed by atoms with Crippen LogP contribution in [0.1, 0.15) is 17.5 Å². The molecule has 1 aromatic heterocycles. The van der Waals surface area contributed by atoms with Crippen molar-refractivity contribution in [3.8, 4) is 16.2 Å². The van der Waals surface area contributed by atoms with Crippen molar-refractivity contribution >= 4 is 17.0 Å². The third-order valence-corrected chi connectivity index (χ3v) is 4.63. The van der Waals surface area contributed by atoms with Crippen molar-refractivity contribution in [2.24, 2.45) is 0 Å². The van der Waals surface area contributed by atoms with E-state index in [0.717, 1.165) is 26.9 Å². The predicted octanol–water partition coefficient (Wildman–Crippen LogP) is 4.31. The van der Waals surface area contributed by atoms with Gasteiger partial charge in [-0.05, 0) is 30.7 Å². The number of aliphatic hydroxyl groups excluding tert-OH is 1. The molecular weight excluding hydrogens is 320 g/mol. The van der Waals surface area contributed by atoms with Gasteiger partial charge in [0.1, 0.15) is 10.8 Å². The Kier molecular flexibility index (Phi) is 5.46. The van der Waals surface area contributed by atoms with Crippen LogP contribution < -0.4 is 10.1 Å². The number of thiazole rings is 1. The number of anilines is 1. The number of hydrogen-bond acceptors (Lipinski definition) is 5. The summed E-state index contributed by atoms with van der Waals surface area (Å²) in [4.78, 5) is 5.64. The second-order valence-corrected chi connectivity index (χ2v) is 6.37. The zero-order valence-electron chi connectivity index (χ0n) is 13.5. The minimum Gasteiger partial charge on any atom is -0.494 e. The zero-order valence-corrected chi connectivity index (χ0v) is 14.3. The third kappa shape index (κ3) is 3.93. The summed E-state index contributed by atoms with van der Waals surface area (Å²) < 4.78 is 5.50. The first-order valence-corrected chi connectivity index (χ1v) is 8.72. The van der Waals surface area contributed by atoms with Gasteiger partial charge in [-0.15, -0.1) is 11.3 Å². The van der Waals surface area contributed by atoms with Gasteiger partial charge in [-0.3, -0.25) is 0 Å². The Morgan fingerprint density at radius 1 is 1.17 bits per heavy atom. The molecule has 0 fully saturated rings. The quantitative estimate of drug-likeness (QED) is 0.673. The van der Waals surface area contributed by atoms with Crippen LogP contribution in [0, 0.1) is 0 Å². The summed E-state index contributed by atoms with van der Waals surface area (Å²) in [5.74, 6) is 0.728. The van der Waals surface area contributed by atoms with Crippen molar-refractivity contribution in [1.82, 2.24) is 4.98 Å². The molecule has 0 aliphatic rings. The van der Waals surface area contributed by atoms with Crippen LogP contribution in [0.15, 0.2) is 54.7 Å². The van der Waals surface area contributed by atoms with Gasteiger partial charge in [0.05, 0.1) is 24.6 Å². The van der Waals surface area contributed by atoms with Crippen LogP contribution in [0.2, 0.25) is 0 Å². The Labute approximate surface area is 145 Å². The Bertz CT molecular complexity index is 787. The van der Waals surface area contributed by atoms with Crippen LogP contribution in [-0.2, 0) is 13.2 Å². The zero-order chi connectivity index (χ0) is 16.8. The van der Waals surface area contributed by atoms with Crippen molar-refractivity contribution in [2.75, 3.05) is 11.9 Å². The molecule has 0 atom stereocenters. The summed E-state index contributed by atoms with van der Waals surface area (Å²) in [6, 6.07) is 16.0. The minimum atomic E-state index is -0.0414. The van der Waals surface area contributed by atoms with Gasteiger partial charge in [0, 0.05) is 17.4 Å². The molecule has 1 heterocycles. The molecular formula is C19H20N2O2S. The van der Waals surface area contributed by atoms with Gasteiger partial charge < -0.3 is 15.2 Å². The Morgan fingerprint density at radius 3 is 2.75 bits per heavy atom. The Morgan fingerprint density at radius 2 is 2.00 bits per heavy atom. The lowest BCUT2D eigenvalue weighted by molar-refractivity contribution is 0.267. The van der Waals surface area contributed by atoms with E-state index in [2.05, 4.69) is 22.4 Å². The Balaban J connectivity index is 1.67. The summed E-state index contributed by atoms with van der Waals surface area (Å²) in [7, 11) is 0. The van der Waals surface area contributed by atoms with Crippen LogP contribution in [0.3, 0.4) is 0 Å². The van der Waals surface area contributed by atoms with Crippen molar-refractivity contribution in [3.63, 3.8) is 0 Å². The van der Waals surface area contributed by atoms with Gasteiger partial charge in [-0.2, -0.15) is 0 Å². The Hall–Kier alpha value is -2.37.